The van der Waals surface area contributed by atoms with E-state index in [1.165, 1.54) is 4.90 Å². The summed E-state index contributed by atoms with van der Waals surface area (Å²) in [5.74, 6) is -0.204. The third-order valence-electron chi connectivity index (χ3n) is 3.75. The Morgan fingerprint density at radius 2 is 2.00 bits per heavy atom. The summed E-state index contributed by atoms with van der Waals surface area (Å²) in [6.45, 7) is 0.255. The van der Waals surface area contributed by atoms with E-state index in [0.717, 1.165) is 11.1 Å². The quantitative estimate of drug-likeness (QED) is 0.852. The number of carbonyl (C=O) groups is 2. The number of aryl methyl sites for hydroxylation is 1. The van der Waals surface area contributed by atoms with Crippen LogP contribution in [-0.4, -0.2) is 29.5 Å². The first-order valence-corrected chi connectivity index (χ1v) is 7.28. The average Bonchev–Trinajstić information content (AvgIpc) is 3.16. The molecule has 1 aromatic carbocycles. The van der Waals surface area contributed by atoms with Crippen molar-refractivity contribution in [1.82, 2.24) is 4.90 Å². The van der Waals surface area contributed by atoms with Crippen LogP contribution < -0.4 is 0 Å². The van der Waals surface area contributed by atoms with Crippen LogP contribution in [0.1, 0.15) is 17.5 Å². The van der Waals surface area contributed by atoms with Gasteiger partial charge in [-0.05, 0) is 30.0 Å². The molecule has 1 aliphatic heterocycles. The molecule has 2 amide bonds. The molecule has 114 valence electrons. The van der Waals surface area contributed by atoms with Crippen LogP contribution >= 0.6 is 0 Å². The fourth-order valence-electron chi connectivity index (χ4n) is 2.61. The largest absolute Gasteiger partial charge is 0.472 e. The van der Waals surface area contributed by atoms with Crippen LogP contribution in [-0.2, 0) is 22.4 Å². The van der Waals surface area contributed by atoms with E-state index in [1.807, 2.05) is 36.4 Å². The summed E-state index contributed by atoms with van der Waals surface area (Å²) in [5, 5.41) is 0. The van der Waals surface area contributed by atoms with Gasteiger partial charge >= 0.3 is 6.09 Å². The molecule has 1 unspecified atom stereocenters. The van der Waals surface area contributed by atoms with Crippen LogP contribution in [0, 0.1) is 0 Å². The predicted octanol–water partition coefficient (Wildman–Crippen LogP) is 2.80. The van der Waals surface area contributed by atoms with Crippen molar-refractivity contribution < 1.29 is 18.7 Å². The van der Waals surface area contributed by atoms with Gasteiger partial charge in [0.05, 0.1) is 18.6 Å². The summed E-state index contributed by atoms with van der Waals surface area (Å²) >= 11 is 0. The molecule has 0 saturated carbocycles. The number of benzene rings is 1. The van der Waals surface area contributed by atoms with E-state index < -0.39 is 6.09 Å². The highest BCUT2D eigenvalue weighted by Crippen LogP contribution is 2.19. The highest BCUT2D eigenvalue weighted by atomic mass is 16.6. The van der Waals surface area contributed by atoms with E-state index in [2.05, 4.69) is 0 Å². The minimum atomic E-state index is -0.543. The molecule has 22 heavy (non-hydrogen) atoms. The van der Waals surface area contributed by atoms with E-state index in [0.29, 0.717) is 12.8 Å². The van der Waals surface area contributed by atoms with Crippen LogP contribution in [0.2, 0.25) is 0 Å². The lowest BCUT2D eigenvalue weighted by Crippen LogP contribution is -2.40. The first kappa shape index (κ1) is 14.4. The topological polar surface area (TPSA) is 59.8 Å². The maximum absolute atomic E-state index is 12.3. The SMILES string of the molecule is O=C(CCc1ccoc1)N1C(=O)OCC1Cc1ccccc1. The Balaban J connectivity index is 1.64. The number of amides is 2. The molecule has 5 nitrogen and oxygen atoms in total. The van der Waals surface area contributed by atoms with Gasteiger partial charge in [-0.1, -0.05) is 30.3 Å². The second kappa shape index (κ2) is 6.47. The Kier molecular flexibility index (Phi) is 4.23. The monoisotopic (exact) mass is 299 g/mol. The molecule has 1 aromatic heterocycles. The number of carbonyl (C=O) groups excluding carboxylic acids is 2. The second-order valence-electron chi connectivity index (χ2n) is 5.32. The molecule has 3 rings (SSSR count). The van der Waals surface area contributed by atoms with Crippen molar-refractivity contribution in [3.63, 3.8) is 0 Å². The van der Waals surface area contributed by atoms with Crippen molar-refractivity contribution in [2.45, 2.75) is 25.3 Å². The molecule has 1 aliphatic rings. The van der Waals surface area contributed by atoms with Gasteiger partial charge in [0.2, 0.25) is 5.91 Å². The number of hydrogen-bond donors (Lipinski definition) is 0. The van der Waals surface area contributed by atoms with Gasteiger partial charge in [-0.25, -0.2) is 9.69 Å². The number of hydrogen-bond acceptors (Lipinski definition) is 4. The number of ether oxygens (including phenoxy) is 1. The van der Waals surface area contributed by atoms with Gasteiger partial charge in [0.15, 0.2) is 0 Å². The minimum absolute atomic E-state index is 0.204. The number of furan rings is 1. The lowest BCUT2D eigenvalue weighted by Gasteiger charge is -2.19. The third kappa shape index (κ3) is 3.19. The zero-order valence-electron chi connectivity index (χ0n) is 12.1. The maximum atomic E-state index is 12.3. The molecule has 1 saturated heterocycles. The van der Waals surface area contributed by atoms with Crippen molar-refractivity contribution in [1.29, 1.82) is 0 Å². The highest BCUT2D eigenvalue weighted by Gasteiger charge is 2.37. The summed E-state index contributed by atoms with van der Waals surface area (Å²) in [6, 6.07) is 11.4. The number of nitrogens with zero attached hydrogens (tertiary/aromatic N) is 1. The Morgan fingerprint density at radius 1 is 1.18 bits per heavy atom. The molecular formula is C17H17NO4. The molecule has 2 aromatic rings. The van der Waals surface area contributed by atoms with E-state index in [9.17, 15) is 9.59 Å². The minimum Gasteiger partial charge on any atom is -0.472 e. The van der Waals surface area contributed by atoms with Crippen molar-refractivity contribution >= 4 is 12.0 Å². The third-order valence-corrected chi connectivity index (χ3v) is 3.75. The normalized spacial score (nSPS) is 17.5. The predicted molar refractivity (Wildman–Crippen MR) is 79.2 cm³/mol. The average molecular weight is 299 g/mol. The first-order chi connectivity index (χ1) is 10.7. The molecule has 0 bridgehead atoms. The molecular weight excluding hydrogens is 282 g/mol. The number of cyclic esters (lactones) is 1. The van der Waals surface area contributed by atoms with E-state index in [4.69, 9.17) is 9.15 Å². The van der Waals surface area contributed by atoms with Crippen LogP contribution in [0.3, 0.4) is 0 Å². The highest BCUT2D eigenvalue weighted by molar-refractivity contribution is 5.93. The summed E-state index contributed by atoms with van der Waals surface area (Å²) in [6.07, 6.45) is 4.07. The van der Waals surface area contributed by atoms with Crippen molar-refractivity contribution in [3.8, 4) is 0 Å². The molecule has 0 radical (unpaired) electrons. The Hall–Kier alpha value is -2.56. The standard InChI is InChI=1S/C17H17NO4/c19-16(7-6-14-8-9-21-11-14)18-15(12-22-17(18)20)10-13-4-2-1-3-5-13/h1-5,8-9,11,15H,6-7,10,12H2. The van der Waals surface area contributed by atoms with Crippen molar-refractivity contribution in [3.05, 3.63) is 60.1 Å². The summed E-state index contributed by atoms with van der Waals surface area (Å²) in [5.41, 5.74) is 2.03. The molecule has 0 spiro atoms. The van der Waals surface area contributed by atoms with E-state index in [-0.39, 0.29) is 25.0 Å². The maximum Gasteiger partial charge on any atom is 0.416 e. The van der Waals surface area contributed by atoms with Crippen LogP contribution in [0.5, 0.6) is 0 Å². The molecule has 0 aliphatic carbocycles. The van der Waals surface area contributed by atoms with Gasteiger partial charge in [0.1, 0.15) is 6.61 Å². The smallest absolute Gasteiger partial charge is 0.416 e. The van der Waals surface area contributed by atoms with Crippen LogP contribution in [0.25, 0.3) is 0 Å². The summed E-state index contributed by atoms with van der Waals surface area (Å²) < 4.78 is 10.0. The lowest BCUT2D eigenvalue weighted by atomic mass is 10.1. The van der Waals surface area contributed by atoms with Gasteiger partial charge in [-0.3, -0.25) is 4.79 Å². The molecule has 1 atom stereocenters. The zero-order chi connectivity index (χ0) is 15.4. The zero-order valence-corrected chi connectivity index (χ0v) is 12.1. The molecule has 2 heterocycles. The lowest BCUT2D eigenvalue weighted by molar-refractivity contribution is -0.129. The van der Waals surface area contributed by atoms with E-state index >= 15 is 0 Å². The van der Waals surface area contributed by atoms with Gasteiger partial charge in [-0.2, -0.15) is 0 Å². The number of rotatable bonds is 5. The number of imide groups is 1. The van der Waals surface area contributed by atoms with E-state index in [1.54, 1.807) is 12.5 Å². The Bertz CT molecular complexity index is 636. The Labute approximate surface area is 128 Å². The van der Waals surface area contributed by atoms with Crippen LogP contribution in [0.4, 0.5) is 4.79 Å². The fraction of sp³-hybridized carbons (Fsp3) is 0.294. The second-order valence-corrected chi connectivity index (χ2v) is 5.32. The van der Waals surface area contributed by atoms with Gasteiger partial charge in [0.25, 0.3) is 0 Å². The summed E-state index contributed by atoms with van der Waals surface area (Å²) in [4.78, 5) is 25.4. The van der Waals surface area contributed by atoms with Gasteiger partial charge in [-0.15, -0.1) is 0 Å². The molecule has 0 N–H and O–H groups in total. The first-order valence-electron chi connectivity index (χ1n) is 7.28. The Morgan fingerprint density at radius 3 is 2.73 bits per heavy atom. The molecule has 1 fully saturated rings. The summed E-state index contributed by atoms with van der Waals surface area (Å²) in [7, 11) is 0. The fourth-order valence-corrected chi connectivity index (χ4v) is 2.61. The molecule has 5 heteroatoms. The van der Waals surface area contributed by atoms with Gasteiger partial charge in [0, 0.05) is 6.42 Å². The van der Waals surface area contributed by atoms with Crippen molar-refractivity contribution in [2.24, 2.45) is 0 Å². The van der Waals surface area contributed by atoms with Crippen molar-refractivity contribution in [2.75, 3.05) is 6.61 Å². The van der Waals surface area contributed by atoms with Gasteiger partial charge < -0.3 is 9.15 Å². The van der Waals surface area contributed by atoms with Crippen LogP contribution in [0.15, 0.2) is 53.3 Å².